The van der Waals surface area contributed by atoms with Gasteiger partial charge in [-0.2, -0.15) is 5.10 Å². The summed E-state index contributed by atoms with van der Waals surface area (Å²) in [6.45, 7) is 3.78. The van der Waals surface area contributed by atoms with Crippen LogP contribution in [0, 0.1) is 6.92 Å². The maximum Gasteiger partial charge on any atom is 0.297 e. The van der Waals surface area contributed by atoms with Crippen molar-refractivity contribution in [1.29, 1.82) is 0 Å². The van der Waals surface area contributed by atoms with Gasteiger partial charge in [-0.1, -0.05) is 48.5 Å². The van der Waals surface area contributed by atoms with Crippen LogP contribution in [0.5, 0.6) is 0 Å². The molecule has 5 aromatic rings. The van der Waals surface area contributed by atoms with Crippen LogP contribution >= 0.6 is 11.3 Å². The topological polar surface area (TPSA) is 69.7 Å². The Kier molecular flexibility index (Phi) is 5.73. The highest BCUT2D eigenvalue weighted by Gasteiger charge is 2.17. The summed E-state index contributed by atoms with van der Waals surface area (Å²) in [6.07, 6.45) is 1.62. The Morgan fingerprint density at radius 2 is 1.68 bits per heavy atom. The summed E-state index contributed by atoms with van der Waals surface area (Å²) < 4.78 is 10.8. The molecule has 7 nitrogen and oxygen atoms in total. The molecule has 170 valence electrons. The van der Waals surface area contributed by atoms with Gasteiger partial charge in [-0.05, 0) is 38.1 Å². The van der Waals surface area contributed by atoms with Gasteiger partial charge in [0.2, 0.25) is 4.80 Å². The van der Waals surface area contributed by atoms with E-state index in [2.05, 4.69) is 0 Å². The van der Waals surface area contributed by atoms with Gasteiger partial charge in [0, 0.05) is 18.0 Å². The second-order valence-corrected chi connectivity index (χ2v) is 8.60. The van der Waals surface area contributed by atoms with Crippen molar-refractivity contribution in [3.8, 4) is 16.9 Å². The van der Waals surface area contributed by atoms with Gasteiger partial charge in [0.1, 0.15) is 11.5 Å². The summed E-state index contributed by atoms with van der Waals surface area (Å²) in [5.74, 6) is 0.672. The minimum Gasteiger partial charge on any atom is -0.463 e. The van der Waals surface area contributed by atoms with Crippen LogP contribution in [-0.4, -0.2) is 19.8 Å². The van der Waals surface area contributed by atoms with E-state index in [1.165, 1.54) is 11.3 Å². The lowest BCUT2D eigenvalue weighted by molar-refractivity contribution is 0.556. The fourth-order valence-electron chi connectivity index (χ4n) is 3.74. The van der Waals surface area contributed by atoms with Crippen molar-refractivity contribution in [2.45, 2.75) is 13.8 Å². The summed E-state index contributed by atoms with van der Waals surface area (Å²) in [7, 11) is 1.86. The minimum absolute atomic E-state index is 0.181. The molecule has 0 aliphatic heterocycles. The van der Waals surface area contributed by atoms with Crippen LogP contribution in [0.3, 0.4) is 0 Å². The molecule has 0 amide bonds. The average molecular weight is 470 g/mol. The van der Waals surface area contributed by atoms with Gasteiger partial charge in [0.25, 0.3) is 5.56 Å². The highest BCUT2D eigenvalue weighted by atomic mass is 32.1. The standard InChI is InChI=1S/C26H23N5O2S/c1-18(23-15-10-16-33-23)28-30-22(20-11-6-4-7-12-20)17-34-26(30)27-24-19(2)29(3)31(25(24)32)21-13-8-5-9-14-21/h4-17H,1-3H3. The van der Waals surface area contributed by atoms with E-state index < -0.39 is 0 Å². The van der Waals surface area contributed by atoms with Crippen molar-refractivity contribution < 1.29 is 4.42 Å². The monoisotopic (exact) mass is 469 g/mol. The van der Waals surface area contributed by atoms with E-state index in [4.69, 9.17) is 14.5 Å². The van der Waals surface area contributed by atoms with Crippen molar-refractivity contribution in [3.05, 3.63) is 111 Å². The van der Waals surface area contributed by atoms with Crippen molar-refractivity contribution >= 4 is 22.7 Å². The Balaban J connectivity index is 1.73. The number of benzene rings is 2. The van der Waals surface area contributed by atoms with E-state index >= 15 is 0 Å². The summed E-state index contributed by atoms with van der Waals surface area (Å²) >= 11 is 1.43. The third kappa shape index (κ3) is 3.88. The molecule has 34 heavy (non-hydrogen) atoms. The fourth-order valence-corrected chi connectivity index (χ4v) is 4.58. The molecule has 0 aliphatic rings. The average Bonchev–Trinajstić information content (AvgIpc) is 3.58. The predicted molar refractivity (Wildman–Crippen MR) is 135 cm³/mol. The van der Waals surface area contributed by atoms with Gasteiger partial charge >= 0.3 is 0 Å². The lowest BCUT2D eigenvalue weighted by Gasteiger charge is -2.07. The van der Waals surface area contributed by atoms with Crippen LogP contribution in [0.2, 0.25) is 0 Å². The van der Waals surface area contributed by atoms with Crippen LogP contribution in [0.15, 0.2) is 104 Å². The molecule has 8 heteroatoms. The first-order valence-electron chi connectivity index (χ1n) is 10.8. The van der Waals surface area contributed by atoms with Crippen LogP contribution < -0.4 is 10.4 Å². The third-order valence-electron chi connectivity index (χ3n) is 5.61. The van der Waals surface area contributed by atoms with Gasteiger partial charge in [-0.15, -0.1) is 11.3 Å². The molecule has 0 spiro atoms. The molecular weight excluding hydrogens is 446 g/mol. The van der Waals surface area contributed by atoms with Crippen molar-refractivity contribution in [1.82, 2.24) is 14.0 Å². The summed E-state index contributed by atoms with van der Waals surface area (Å²) in [5.41, 5.74) is 4.34. The van der Waals surface area contributed by atoms with Crippen LogP contribution in [0.1, 0.15) is 18.4 Å². The van der Waals surface area contributed by atoms with Crippen molar-refractivity contribution in [2.24, 2.45) is 17.1 Å². The Hall–Kier alpha value is -4.17. The number of hydrogen-bond donors (Lipinski definition) is 0. The van der Waals surface area contributed by atoms with E-state index in [9.17, 15) is 4.79 Å². The van der Waals surface area contributed by atoms with Gasteiger partial charge in [0.05, 0.1) is 23.3 Å². The van der Waals surface area contributed by atoms with Crippen molar-refractivity contribution in [3.63, 3.8) is 0 Å². The molecule has 0 fully saturated rings. The Morgan fingerprint density at radius 3 is 2.35 bits per heavy atom. The number of para-hydroxylation sites is 1. The first-order chi connectivity index (χ1) is 16.5. The largest absolute Gasteiger partial charge is 0.463 e. The summed E-state index contributed by atoms with van der Waals surface area (Å²) in [4.78, 5) is 18.8. The minimum atomic E-state index is -0.181. The van der Waals surface area contributed by atoms with Gasteiger partial charge in [-0.25, -0.2) is 14.4 Å². The first kappa shape index (κ1) is 21.7. The molecule has 3 heterocycles. The molecule has 0 atom stereocenters. The van der Waals surface area contributed by atoms with E-state index in [1.54, 1.807) is 15.6 Å². The lowest BCUT2D eigenvalue weighted by Crippen LogP contribution is -2.20. The number of furan rings is 1. The Bertz CT molecular complexity index is 1580. The second-order valence-electron chi connectivity index (χ2n) is 7.77. The Morgan fingerprint density at radius 1 is 0.971 bits per heavy atom. The van der Waals surface area contributed by atoms with Gasteiger partial charge in [-0.3, -0.25) is 9.48 Å². The summed E-state index contributed by atoms with van der Waals surface area (Å²) in [6, 6.07) is 23.2. The fraction of sp³-hybridized carbons (Fsp3) is 0.115. The van der Waals surface area contributed by atoms with E-state index in [0.717, 1.165) is 22.6 Å². The number of nitrogens with zero attached hydrogens (tertiary/aromatic N) is 5. The van der Waals surface area contributed by atoms with Gasteiger partial charge in [0.15, 0.2) is 5.69 Å². The van der Waals surface area contributed by atoms with Crippen LogP contribution in [-0.2, 0) is 7.05 Å². The molecule has 0 aliphatic carbocycles. The molecule has 3 aromatic heterocycles. The molecule has 2 aromatic carbocycles. The zero-order valence-corrected chi connectivity index (χ0v) is 19.9. The van der Waals surface area contributed by atoms with E-state index in [1.807, 2.05) is 104 Å². The summed E-state index contributed by atoms with van der Waals surface area (Å²) in [5, 5.41) is 6.82. The van der Waals surface area contributed by atoms with E-state index in [0.29, 0.717) is 22.0 Å². The maximum atomic E-state index is 13.4. The number of rotatable bonds is 5. The highest BCUT2D eigenvalue weighted by Crippen LogP contribution is 2.22. The molecule has 0 N–H and O–H groups in total. The third-order valence-corrected chi connectivity index (χ3v) is 6.43. The highest BCUT2D eigenvalue weighted by molar-refractivity contribution is 7.07. The molecule has 0 saturated heterocycles. The molecule has 0 saturated carbocycles. The predicted octanol–water partition coefficient (Wildman–Crippen LogP) is 5.11. The molecular formula is C26H23N5O2S. The first-order valence-corrected chi connectivity index (χ1v) is 11.7. The molecule has 5 rings (SSSR count). The molecule has 0 bridgehead atoms. The van der Waals surface area contributed by atoms with Crippen LogP contribution in [0.4, 0.5) is 5.69 Å². The smallest absolute Gasteiger partial charge is 0.297 e. The molecule has 0 radical (unpaired) electrons. The van der Waals surface area contributed by atoms with Crippen LogP contribution in [0.25, 0.3) is 16.9 Å². The lowest BCUT2D eigenvalue weighted by atomic mass is 10.2. The number of thiazole rings is 1. The SMILES string of the molecule is CC(=Nn1c(-c2ccccc2)csc1=Nc1c(C)n(C)n(-c2ccccc2)c1=O)c1ccco1. The normalized spacial score (nSPS) is 12.4. The van der Waals surface area contributed by atoms with Crippen molar-refractivity contribution in [2.75, 3.05) is 0 Å². The maximum absolute atomic E-state index is 13.4. The zero-order valence-electron chi connectivity index (χ0n) is 19.0. The van der Waals surface area contributed by atoms with E-state index in [-0.39, 0.29) is 5.56 Å². The quantitative estimate of drug-likeness (QED) is 0.336. The zero-order chi connectivity index (χ0) is 23.7. The Labute approximate surface area is 200 Å². The second kappa shape index (κ2) is 8.99. The molecule has 0 unspecified atom stereocenters. The number of aromatic nitrogens is 3. The number of hydrogen-bond acceptors (Lipinski definition) is 5. The van der Waals surface area contributed by atoms with Gasteiger partial charge < -0.3 is 4.42 Å².